The molecule has 7 nitrogen and oxygen atoms in total. The summed E-state index contributed by atoms with van der Waals surface area (Å²) >= 11 is 0. The van der Waals surface area contributed by atoms with Crippen molar-refractivity contribution in [1.29, 1.82) is 0 Å². The number of oxazole rings is 1. The Morgan fingerprint density at radius 1 is 1.10 bits per heavy atom. The standard InChI is InChI=1S/C22H21N5O2/c1-3-26-10-8-15(9-11-26)17-6-7-21-24-19(13-22(28)27(21)25-17)16-4-5-18-20(12-16)29-14(2)23-18/h4-8,12-13H,3,9-11H2,1-2H3. The minimum Gasteiger partial charge on any atom is -0.441 e. The number of benzene rings is 1. The highest BCUT2D eigenvalue weighted by Crippen LogP contribution is 2.24. The van der Waals surface area contributed by atoms with Gasteiger partial charge in [0, 0.05) is 31.6 Å². The number of nitrogens with zero attached hydrogens (tertiary/aromatic N) is 5. The molecular weight excluding hydrogens is 366 g/mol. The molecule has 1 aliphatic heterocycles. The first kappa shape index (κ1) is 17.8. The smallest absolute Gasteiger partial charge is 0.275 e. The summed E-state index contributed by atoms with van der Waals surface area (Å²) in [7, 11) is 0. The lowest BCUT2D eigenvalue weighted by molar-refractivity contribution is 0.318. The van der Waals surface area contributed by atoms with E-state index in [-0.39, 0.29) is 5.56 Å². The molecule has 0 unspecified atom stereocenters. The van der Waals surface area contributed by atoms with Gasteiger partial charge in [0.25, 0.3) is 5.56 Å². The van der Waals surface area contributed by atoms with Crippen molar-refractivity contribution in [3.05, 3.63) is 64.4 Å². The van der Waals surface area contributed by atoms with Gasteiger partial charge in [-0.1, -0.05) is 19.1 Å². The maximum Gasteiger partial charge on any atom is 0.275 e. The third-order valence-electron chi connectivity index (χ3n) is 5.38. The second-order valence-corrected chi connectivity index (χ2v) is 7.26. The lowest BCUT2D eigenvalue weighted by atomic mass is 10.0. The zero-order chi connectivity index (χ0) is 20.0. The molecule has 0 amide bonds. The van der Waals surface area contributed by atoms with Crippen molar-refractivity contribution in [2.24, 2.45) is 0 Å². The topological polar surface area (TPSA) is 76.5 Å². The molecule has 5 rings (SSSR count). The number of hydrogen-bond donors (Lipinski definition) is 0. The number of hydrogen-bond acceptors (Lipinski definition) is 6. The number of rotatable bonds is 3. The molecule has 4 aromatic rings. The highest BCUT2D eigenvalue weighted by Gasteiger charge is 2.14. The van der Waals surface area contributed by atoms with Gasteiger partial charge >= 0.3 is 0 Å². The first-order chi connectivity index (χ1) is 14.1. The lowest BCUT2D eigenvalue weighted by Gasteiger charge is -2.24. The molecule has 0 radical (unpaired) electrons. The van der Waals surface area contributed by atoms with Crippen molar-refractivity contribution < 1.29 is 4.42 Å². The normalized spacial score (nSPS) is 15.2. The van der Waals surface area contributed by atoms with Crippen molar-refractivity contribution in [3.63, 3.8) is 0 Å². The monoisotopic (exact) mass is 387 g/mol. The zero-order valence-corrected chi connectivity index (χ0v) is 16.4. The van der Waals surface area contributed by atoms with Gasteiger partial charge in [0.05, 0.1) is 11.4 Å². The highest BCUT2D eigenvalue weighted by molar-refractivity contribution is 5.79. The summed E-state index contributed by atoms with van der Waals surface area (Å²) in [5.74, 6) is 0.611. The summed E-state index contributed by atoms with van der Waals surface area (Å²) in [5, 5.41) is 4.56. The van der Waals surface area contributed by atoms with Crippen LogP contribution < -0.4 is 5.56 Å². The molecule has 146 valence electrons. The maximum atomic E-state index is 12.8. The van der Waals surface area contributed by atoms with Crippen molar-refractivity contribution >= 4 is 22.3 Å². The molecular formula is C22H21N5O2. The second kappa shape index (κ2) is 6.93. The largest absolute Gasteiger partial charge is 0.441 e. The Balaban J connectivity index is 1.54. The van der Waals surface area contributed by atoms with Crippen molar-refractivity contribution in [3.8, 4) is 11.3 Å². The van der Waals surface area contributed by atoms with E-state index in [0.29, 0.717) is 22.8 Å². The molecule has 0 bridgehead atoms. The van der Waals surface area contributed by atoms with E-state index in [1.54, 1.807) is 0 Å². The van der Waals surface area contributed by atoms with Crippen LogP contribution in [-0.2, 0) is 0 Å². The molecule has 0 atom stereocenters. The third-order valence-corrected chi connectivity index (χ3v) is 5.38. The van der Waals surface area contributed by atoms with Gasteiger partial charge in [0.2, 0.25) is 0 Å². The predicted molar refractivity (Wildman–Crippen MR) is 112 cm³/mol. The molecule has 7 heteroatoms. The Labute approximate surface area is 167 Å². The first-order valence-electron chi connectivity index (χ1n) is 9.81. The summed E-state index contributed by atoms with van der Waals surface area (Å²) < 4.78 is 6.98. The number of fused-ring (bicyclic) bond motifs is 2. The predicted octanol–water partition coefficient (Wildman–Crippen LogP) is 3.32. The maximum absolute atomic E-state index is 12.8. The highest BCUT2D eigenvalue weighted by atomic mass is 16.3. The Kier molecular flexibility index (Phi) is 4.24. The van der Waals surface area contributed by atoms with Crippen LogP contribution in [-0.4, -0.2) is 44.1 Å². The van der Waals surface area contributed by atoms with Gasteiger partial charge in [-0.3, -0.25) is 9.69 Å². The van der Waals surface area contributed by atoms with Gasteiger partial charge in [0.15, 0.2) is 17.1 Å². The van der Waals surface area contributed by atoms with Gasteiger partial charge < -0.3 is 4.42 Å². The Morgan fingerprint density at radius 3 is 2.79 bits per heavy atom. The van der Waals surface area contributed by atoms with Crippen molar-refractivity contribution in [2.45, 2.75) is 20.3 Å². The van der Waals surface area contributed by atoms with Crippen LogP contribution >= 0.6 is 0 Å². The Hall–Kier alpha value is -3.32. The molecule has 0 saturated heterocycles. The van der Waals surface area contributed by atoms with Gasteiger partial charge in [0.1, 0.15) is 5.52 Å². The second-order valence-electron chi connectivity index (χ2n) is 7.26. The molecule has 0 N–H and O–H groups in total. The van der Waals surface area contributed by atoms with E-state index >= 15 is 0 Å². The van der Waals surface area contributed by atoms with Crippen molar-refractivity contribution in [2.75, 3.05) is 19.6 Å². The van der Waals surface area contributed by atoms with E-state index in [0.717, 1.165) is 42.8 Å². The summed E-state index contributed by atoms with van der Waals surface area (Å²) in [5.41, 5.74) is 5.22. The van der Waals surface area contributed by atoms with Gasteiger partial charge in [-0.05, 0) is 42.8 Å². The molecule has 4 heterocycles. The van der Waals surface area contributed by atoms with Crippen LogP contribution in [0.15, 0.2) is 51.7 Å². The Bertz CT molecular complexity index is 1320. The average Bonchev–Trinajstić information content (AvgIpc) is 3.12. The van der Waals surface area contributed by atoms with Gasteiger partial charge in [-0.2, -0.15) is 9.61 Å². The fourth-order valence-corrected chi connectivity index (χ4v) is 3.75. The summed E-state index contributed by atoms with van der Waals surface area (Å²) in [6, 6.07) is 11.0. The SMILES string of the molecule is CCN1CC=C(c2ccc3nc(-c4ccc5nc(C)oc5c4)cc(=O)n3n2)CC1. The van der Waals surface area contributed by atoms with Crippen LogP contribution in [0.3, 0.4) is 0 Å². The van der Waals surface area contributed by atoms with E-state index < -0.39 is 0 Å². The summed E-state index contributed by atoms with van der Waals surface area (Å²) in [6.45, 7) is 6.95. The summed E-state index contributed by atoms with van der Waals surface area (Å²) in [6.07, 6.45) is 3.13. The zero-order valence-electron chi connectivity index (χ0n) is 16.4. The molecule has 1 aliphatic rings. The molecule has 0 aliphatic carbocycles. The first-order valence-corrected chi connectivity index (χ1v) is 9.81. The molecule has 29 heavy (non-hydrogen) atoms. The van der Waals surface area contributed by atoms with E-state index in [1.807, 2.05) is 37.3 Å². The fourth-order valence-electron chi connectivity index (χ4n) is 3.75. The molecule has 1 aromatic carbocycles. The van der Waals surface area contributed by atoms with E-state index in [9.17, 15) is 4.79 Å². The molecule has 0 saturated carbocycles. The quantitative estimate of drug-likeness (QED) is 0.537. The Morgan fingerprint density at radius 2 is 2.00 bits per heavy atom. The van der Waals surface area contributed by atoms with Gasteiger partial charge in [-0.25, -0.2) is 9.97 Å². The molecule has 0 spiro atoms. The minimum atomic E-state index is -0.202. The number of aromatic nitrogens is 4. The fraction of sp³-hybridized carbons (Fsp3) is 0.273. The van der Waals surface area contributed by atoms with Crippen LogP contribution in [0.1, 0.15) is 24.9 Å². The number of likely N-dealkylation sites (N-methyl/N-ethyl adjacent to an activating group) is 1. The van der Waals surface area contributed by atoms with Crippen LogP contribution in [0.4, 0.5) is 0 Å². The van der Waals surface area contributed by atoms with E-state index in [4.69, 9.17) is 4.42 Å². The average molecular weight is 387 g/mol. The van der Waals surface area contributed by atoms with Crippen LogP contribution in [0.5, 0.6) is 0 Å². The van der Waals surface area contributed by atoms with Crippen LogP contribution in [0.25, 0.3) is 33.6 Å². The summed E-state index contributed by atoms with van der Waals surface area (Å²) in [4.78, 5) is 24.1. The minimum absolute atomic E-state index is 0.202. The van der Waals surface area contributed by atoms with Crippen LogP contribution in [0, 0.1) is 6.92 Å². The molecule has 3 aromatic heterocycles. The third kappa shape index (κ3) is 3.23. The van der Waals surface area contributed by atoms with E-state index in [2.05, 4.69) is 33.0 Å². The van der Waals surface area contributed by atoms with Gasteiger partial charge in [-0.15, -0.1) is 0 Å². The van der Waals surface area contributed by atoms with Crippen molar-refractivity contribution in [1.82, 2.24) is 24.5 Å². The van der Waals surface area contributed by atoms with E-state index in [1.165, 1.54) is 16.2 Å². The van der Waals surface area contributed by atoms with Crippen LogP contribution in [0.2, 0.25) is 0 Å². The lowest BCUT2D eigenvalue weighted by Crippen LogP contribution is -2.28. The number of aryl methyl sites for hydroxylation is 1. The molecule has 0 fully saturated rings.